The van der Waals surface area contributed by atoms with E-state index in [0.29, 0.717) is 5.92 Å². The minimum Gasteiger partial charge on any atom is -0.458 e. The van der Waals surface area contributed by atoms with Gasteiger partial charge in [0.15, 0.2) is 0 Å². The lowest BCUT2D eigenvalue weighted by molar-refractivity contribution is -0.184. The monoisotopic (exact) mass is 348 g/mol. The van der Waals surface area contributed by atoms with Gasteiger partial charge < -0.3 is 4.74 Å². The van der Waals surface area contributed by atoms with Crippen LogP contribution in [0.2, 0.25) is 0 Å². The largest absolute Gasteiger partial charge is 0.458 e. The van der Waals surface area contributed by atoms with Gasteiger partial charge in [-0.05, 0) is 82.0 Å². The van der Waals surface area contributed by atoms with E-state index in [2.05, 4.69) is 34.6 Å². The Hall–Kier alpha value is -0.530. The third-order valence-electron chi connectivity index (χ3n) is 8.67. The van der Waals surface area contributed by atoms with Crippen molar-refractivity contribution >= 4 is 5.97 Å². The molecule has 0 amide bonds. The van der Waals surface area contributed by atoms with Gasteiger partial charge in [0.25, 0.3) is 0 Å². The third kappa shape index (κ3) is 3.06. The molecule has 3 saturated carbocycles. The zero-order valence-corrected chi connectivity index (χ0v) is 17.3. The molecule has 0 aromatic carbocycles. The Balaban J connectivity index is 1.79. The first-order valence-corrected chi connectivity index (χ1v) is 11.2. The normalized spacial score (nSPS) is 36.3. The highest BCUT2D eigenvalue weighted by atomic mass is 16.6. The standard InChI is InChI=1S/C23H40O2/c1-6-13-22(5,7-2)21(24)25-23(8-3,9-4)20-15-16-14-19(20)18-12-10-11-17(16)18/h16-20H,6-15H2,1-5H3. The van der Waals surface area contributed by atoms with E-state index in [-0.39, 0.29) is 17.0 Å². The molecule has 3 rings (SSSR count). The number of carbonyl (C=O) groups is 1. The van der Waals surface area contributed by atoms with Gasteiger partial charge in [0.1, 0.15) is 5.60 Å². The Kier molecular flexibility index (Phi) is 5.57. The molecule has 0 spiro atoms. The summed E-state index contributed by atoms with van der Waals surface area (Å²) < 4.78 is 6.49. The lowest BCUT2D eigenvalue weighted by atomic mass is 9.67. The second kappa shape index (κ2) is 7.24. The van der Waals surface area contributed by atoms with Crippen LogP contribution in [0.5, 0.6) is 0 Å². The fraction of sp³-hybridized carbons (Fsp3) is 0.957. The van der Waals surface area contributed by atoms with E-state index in [1.54, 1.807) is 0 Å². The van der Waals surface area contributed by atoms with Crippen molar-refractivity contribution in [2.75, 3.05) is 0 Å². The molecule has 0 saturated heterocycles. The fourth-order valence-corrected chi connectivity index (χ4v) is 6.95. The summed E-state index contributed by atoms with van der Waals surface area (Å²) in [4.78, 5) is 13.2. The molecular weight excluding hydrogens is 308 g/mol. The Morgan fingerprint density at radius 1 is 0.960 bits per heavy atom. The SMILES string of the molecule is CCCC(C)(CC)C(=O)OC(CC)(CC)C1CC2CC1C1CCCC21. The van der Waals surface area contributed by atoms with Crippen molar-refractivity contribution in [3.05, 3.63) is 0 Å². The highest BCUT2D eigenvalue weighted by Gasteiger charge is 2.59. The Labute approximate surface area is 155 Å². The second-order valence-corrected chi connectivity index (χ2v) is 9.59. The number of esters is 1. The van der Waals surface area contributed by atoms with Crippen molar-refractivity contribution in [1.82, 2.24) is 0 Å². The molecule has 3 fully saturated rings. The molecule has 3 aliphatic rings. The highest BCUT2D eigenvalue weighted by molar-refractivity contribution is 5.76. The van der Waals surface area contributed by atoms with Gasteiger partial charge in [-0.25, -0.2) is 0 Å². The van der Waals surface area contributed by atoms with E-state index >= 15 is 0 Å². The minimum atomic E-state index is -0.308. The second-order valence-electron chi connectivity index (χ2n) is 9.59. The molecule has 6 unspecified atom stereocenters. The summed E-state index contributed by atoms with van der Waals surface area (Å²) in [6.45, 7) is 10.9. The zero-order valence-electron chi connectivity index (χ0n) is 17.3. The Morgan fingerprint density at radius 2 is 1.64 bits per heavy atom. The van der Waals surface area contributed by atoms with Crippen molar-refractivity contribution in [1.29, 1.82) is 0 Å². The van der Waals surface area contributed by atoms with Crippen LogP contribution in [0.1, 0.15) is 98.8 Å². The van der Waals surface area contributed by atoms with E-state index in [1.807, 2.05) is 0 Å². The van der Waals surface area contributed by atoms with Crippen molar-refractivity contribution in [2.24, 2.45) is 35.0 Å². The predicted molar refractivity (Wildman–Crippen MR) is 103 cm³/mol. The molecule has 0 aromatic heterocycles. The highest BCUT2D eigenvalue weighted by Crippen LogP contribution is 2.64. The van der Waals surface area contributed by atoms with Crippen LogP contribution in [-0.4, -0.2) is 11.6 Å². The third-order valence-corrected chi connectivity index (χ3v) is 8.67. The number of ether oxygens (including phenoxy) is 1. The van der Waals surface area contributed by atoms with Gasteiger partial charge in [-0.2, -0.15) is 0 Å². The Bertz CT molecular complexity index is 480. The molecule has 3 aliphatic carbocycles. The van der Waals surface area contributed by atoms with Crippen molar-refractivity contribution in [3.8, 4) is 0 Å². The van der Waals surface area contributed by atoms with Crippen LogP contribution < -0.4 is 0 Å². The van der Waals surface area contributed by atoms with Crippen molar-refractivity contribution in [3.63, 3.8) is 0 Å². The first kappa shape index (κ1) is 19.2. The van der Waals surface area contributed by atoms with Gasteiger partial charge in [0, 0.05) is 5.92 Å². The fourth-order valence-electron chi connectivity index (χ4n) is 6.95. The van der Waals surface area contributed by atoms with Gasteiger partial charge in [0.2, 0.25) is 0 Å². The predicted octanol–water partition coefficient (Wildman–Crippen LogP) is 6.38. The van der Waals surface area contributed by atoms with E-state index < -0.39 is 0 Å². The topological polar surface area (TPSA) is 26.3 Å². The molecule has 2 heteroatoms. The van der Waals surface area contributed by atoms with Crippen LogP contribution in [0.25, 0.3) is 0 Å². The molecule has 2 bridgehead atoms. The maximum Gasteiger partial charge on any atom is 0.312 e. The van der Waals surface area contributed by atoms with Gasteiger partial charge in [-0.3, -0.25) is 4.79 Å². The van der Waals surface area contributed by atoms with Crippen LogP contribution in [0, 0.1) is 35.0 Å². The average molecular weight is 349 g/mol. The van der Waals surface area contributed by atoms with Crippen LogP contribution in [0.3, 0.4) is 0 Å². The molecule has 0 aliphatic heterocycles. The molecular formula is C23H40O2. The van der Waals surface area contributed by atoms with Crippen LogP contribution in [-0.2, 0) is 9.53 Å². The number of carbonyl (C=O) groups excluding carboxylic acids is 1. The maximum atomic E-state index is 13.2. The quantitative estimate of drug-likeness (QED) is 0.476. The lowest BCUT2D eigenvalue weighted by Gasteiger charge is -2.45. The number of fused-ring (bicyclic) bond motifs is 5. The first-order chi connectivity index (χ1) is 11.9. The summed E-state index contributed by atoms with van der Waals surface area (Å²) >= 11 is 0. The summed E-state index contributed by atoms with van der Waals surface area (Å²) in [5.41, 5.74) is -0.522. The summed E-state index contributed by atoms with van der Waals surface area (Å²) in [6.07, 6.45) is 11.9. The molecule has 25 heavy (non-hydrogen) atoms. The van der Waals surface area contributed by atoms with Crippen molar-refractivity contribution in [2.45, 2.75) is 104 Å². The summed E-state index contributed by atoms with van der Waals surface area (Å²) in [6, 6.07) is 0. The molecule has 6 atom stereocenters. The number of hydrogen-bond donors (Lipinski definition) is 0. The van der Waals surface area contributed by atoms with Gasteiger partial charge in [-0.15, -0.1) is 0 Å². The van der Waals surface area contributed by atoms with Crippen LogP contribution >= 0.6 is 0 Å². The Morgan fingerprint density at radius 3 is 2.24 bits per heavy atom. The number of rotatable bonds is 8. The van der Waals surface area contributed by atoms with Gasteiger partial charge >= 0.3 is 5.97 Å². The first-order valence-electron chi connectivity index (χ1n) is 11.2. The van der Waals surface area contributed by atoms with Crippen molar-refractivity contribution < 1.29 is 9.53 Å². The van der Waals surface area contributed by atoms with Crippen LogP contribution in [0.15, 0.2) is 0 Å². The van der Waals surface area contributed by atoms with E-state index in [4.69, 9.17) is 4.74 Å². The molecule has 2 nitrogen and oxygen atoms in total. The lowest BCUT2D eigenvalue weighted by Crippen LogP contribution is -2.48. The molecule has 0 heterocycles. The smallest absolute Gasteiger partial charge is 0.312 e. The summed E-state index contributed by atoms with van der Waals surface area (Å²) in [5.74, 6) is 4.37. The van der Waals surface area contributed by atoms with E-state index in [0.717, 1.165) is 55.8 Å². The van der Waals surface area contributed by atoms with E-state index in [9.17, 15) is 4.79 Å². The van der Waals surface area contributed by atoms with Gasteiger partial charge in [-0.1, -0.05) is 40.5 Å². The maximum absolute atomic E-state index is 13.2. The van der Waals surface area contributed by atoms with Crippen LogP contribution in [0.4, 0.5) is 0 Å². The summed E-state index contributed by atoms with van der Waals surface area (Å²) in [5, 5.41) is 0. The molecule has 144 valence electrons. The average Bonchev–Trinajstić information content (AvgIpc) is 3.32. The zero-order chi connectivity index (χ0) is 18.2. The molecule has 0 aromatic rings. The minimum absolute atomic E-state index is 0.0753. The molecule has 0 N–H and O–H groups in total. The number of hydrogen-bond acceptors (Lipinski definition) is 2. The molecule has 0 radical (unpaired) electrons. The summed E-state index contributed by atoms with van der Waals surface area (Å²) in [7, 11) is 0. The van der Waals surface area contributed by atoms with Gasteiger partial charge in [0.05, 0.1) is 5.41 Å². The van der Waals surface area contributed by atoms with E-state index in [1.165, 1.54) is 32.1 Å².